The molecule has 0 aliphatic heterocycles. The molecule has 0 unspecified atom stereocenters. The van der Waals surface area contributed by atoms with Gasteiger partial charge in [0.25, 0.3) is 10.0 Å². The third kappa shape index (κ3) is 4.03. The first kappa shape index (κ1) is 15.9. The van der Waals surface area contributed by atoms with E-state index >= 15 is 0 Å². The number of sulfonamides is 1. The molecule has 1 aromatic heterocycles. The van der Waals surface area contributed by atoms with Crippen molar-refractivity contribution in [3.05, 3.63) is 52.1 Å². The van der Waals surface area contributed by atoms with Gasteiger partial charge in [-0.15, -0.1) is 0 Å². The van der Waals surface area contributed by atoms with Crippen LogP contribution < -0.4 is 10.0 Å². The molecule has 7 heteroatoms. The summed E-state index contributed by atoms with van der Waals surface area (Å²) >= 11 is 3.29. The van der Waals surface area contributed by atoms with Crippen LogP contribution in [0.3, 0.4) is 0 Å². The first-order valence-corrected chi connectivity index (χ1v) is 8.59. The van der Waals surface area contributed by atoms with Gasteiger partial charge in [-0.05, 0) is 59.7 Å². The van der Waals surface area contributed by atoms with Crippen molar-refractivity contribution in [3.63, 3.8) is 0 Å². The van der Waals surface area contributed by atoms with Crippen LogP contribution in [0.25, 0.3) is 0 Å². The molecule has 0 aliphatic rings. The molecule has 0 spiro atoms. The molecule has 0 amide bonds. The van der Waals surface area contributed by atoms with Crippen LogP contribution in [0.2, 0.25) is 0 Å². The van der Waals surface area contributed by atoms with E-state index in [9.17, 15) is 8.42 Å². The van der Waals surface area contributed by atoms with E-state index in [1.54, 1.807) is 37.3 Å². The van der Waals surface area contributed by atoms with E-state index < -0.39 is 10.0 Å². The Balaban J connectivity index is 2.37. The number of aryl methyl sites for hydroxylation is 1. The van der Waals surface area contributed by atoms with E-state index in [0.29, 0.717) is 16.8 Å². The van der Waals surface area contributed by atoms with Crippen molar-refractivity contribution in [2.45, 2.75) is 18.4 Å². The number of nitrogens with zero attached hydrogens (tertiary/aromatic N) is 1. The molecule has 5 nitrogen and oxygen atoms in total. The molecule has 1 aromatic carbocycles. The Labute approximate surface area is 133 Å². The van der Waals surface area contributed by atoms with Gasteiger partial charge in [0, 0.05) is 16.7 Å². The summed E-state index contributed by atoms with van der Waals surface area (Å²) in [6, 6.07) is 10.4. The van der Waals surface area contributed by atoms with Crippen LogP contribution in [0.5, 0.6) is 0 Å². The highest BCUT2D eigenvalue weighted by Crippen LogP contribution is 2.25. The van der Waals surface area contributed by atoms with Crippen molar-refractivity contribution in [1.29, 1.82) is 0 Å². The lowest BCUT2D eigenvalue weighted by atomic mass is 10.2. The van der Waals surface area contributed by atoms with Crippen LogP contribution in [-0.4, -0.2) is 20.4 Å². The molecule has 112 valence electrons. The summed E-state index contributed by atoms with van der Waals surface area (Å²) < 4.78 is 28.0. The van der Waals surface area contributed by atoms with Gasteiger partial charge in [0.05, 0.1) is 0 Å². The predicted molar refractivity (Wildman–Crippen MR) is 86.7 cm³/mol. The second-order valence-corrected chi connectivity index (χ2v) is 7.07. The normalized spacial score (nSPS) is 11.4. The van der Waals surface area contributed by atoms with Crippen molar-refractivity contribution >= 4 is 31.8 Å². The summed E-state index contributed by atoms with van der Waals surface area (Å²) in [5, 5.41) is 3.00. The zero-order valence-corrected chi connectivity index (χ0v) is 14.1. The lowest BCUT2D eigenvalue weighted by Gasteiger charge is -2.11. The molecule has 0 bridgehead atoms. The number of nitrogens with one attached hydrogen (secondary N) is 2. The fraction of sp³-hybridized carbons (Fsp3) is 0.214. The Morgan fingerprint density at radius 3 is 2.67 bits per heavy atom. The Morgan fingerprint density at radius 1 is 1.24 bits per heavy atom. The van der Waals surface area contributed by atoms with Crippen LogP contribution in [0.4, 0.5) is 5.82 Å². The van der Waals surface area contributed by atoms with Crippen LogP contribution in [0, 0.1) is 6.92 Å². The van der Waals surface area contributed by atoms with E-state index in [1.807, 2.05) is 13.1 Å². The average Bonchev–Trinajstić information content (AvgIpc) is 2.40. The molecule has 0 atom stereocenters. The van der Waals surface area contributed by atoms with Crippen molar-refractivity contribution in [2.75, 3.05) is 11.8 Å². The molecule has 2 aromatic rings. The lowest BCUT2D eigenvalue weighted by molar-refractivity contribution is 0.600. The number of pyridine rings is 1. The van der Waals surface area contributed by atoms with Crippen molar-refractivity contribution in [3.8, 4) is 0 Å². The van der Waals surface area contributed by atoms with Gasteiger partial charge in [0.15, 0.2) is 0 Å². The standard InChI is InChI=1S/C14H16BrN3O2S/c1-10-4-3-5-14(17-10)18-21(19,20)13-8-11(9-16-2)6-7-12(13)15/h3-8,16H,9H2,1-2H3,(H,17,18). The summed E-state index contributed by atoms with van der Waals surface area (Å²) in [7, 11) is -1.88. The maximum absolute atomic E-state index is 12.5. The van der Waals surface area contributed by atoms with E-state index in [1.165, 1.54) is 0 Å². The molecule has 0 aliphatic carbocycles. The summed E-state index contributed by atoms with van der Waals surface area (Å²) in [4.78, 5) is 4.35. The maximum Gasteiger partial charge on any atom is 0.264 e. The molecular formula is C14H16BrN3O2S. The van der Waals surface area contributed by atoms with Gasteiger partial charge in [-0.25, -0.2) is 13.4 Å². The molecule has 2 rings (SSSR count). The largest absolute Gasteiger partial charge is 0.316 e. The number of hydrogen-bond acceptors (Lipinski definition) is 4. The maximum atomic E-state index is 12.5. The average molecular weight is 370 g/mol. The molecule has 0 saturated heterocycles. The fourth-order valence-corrected chi connectivity index (χ4v) is 3.88. The van der Waals surface area contributed by atoms with Gasteiger partial charge < -0.3 is 5.32 Å². The molecule has 0 saturated carbocycles. The smallest absolute Gasteiger partial charge is 0.264 e. The SMILES string of the molecule is CNCc1ccc(Br)c(S(=O)(=O)Nc2cccc(C)n2)c1. The highest BCUT2D eigenvalue weighted by molar-refractivity contribution is 9.10. The van der Waals surface area contributed by atoms with Gasteiger partial charge in [0.1, 0.15) is 10.7 Å². The Bertz CT molecular complexity index is 748. The zero-order valence-electron chi connectivity index (χ0n) is 11.7. The summed E-state index contributed by atoms with van der Waals surface area (Å²) in [6.07, 6.45) is 0. The quantitative estimate of drug-likeness (QED) is 0.849. The Morgan fingerprint density at radius 2 is 2.00 bits per heavy atom. The van der Waals surface area contributed by atoms with E-state index in [2.05, 4.69) is 31.0 Å². The lowest BCUT2D eigenvalue weighted by Crippen LogP contribution is -2.15. The first-order chi connectivity index (χ1) is 9.92. The summed E-state index contributed by atoms with van der Waals surface area (Å²) in [6.45, 7) is 2.40. The third-order valence-corrected chi connectivity index (χ3v) is 5.14. The minimum atomic E-state index is -3.69. The number of hydrogen-bond donors (Lipinski definition) is 2. The van der Waals surface area contributed by atoms with Gasteiger partial charge >= 0.3 is 0 Å². The second-order valence-electron chi connectivity index (χ2n) is 4.56. The Kier molecular flexibility index (Phi) is 4.97. The molecule has 21 heavy (non-hydrogen) atoms. The number of aromatic nitrogens is 1. The predicted octanol–water partition coefficient (Wildman–Crippen LogP) is 2.67. The van der Waals surface area contributed by atoms with Crippen LogP contribution in [0.1, 0.15) is 11.3 Å². The highest BCUT2D eigenvalue weighted by atomic mass is 79.9. The highest BCUT2D eigenvalue weighted by Gasteiger charge is 2.19. The molecular weight excluding hydrogens is 354 g/mol. The second kappa shape index (κ2) is 6.55. The fourth-order valence-electron chi connectivity index (χ4n) is 1.86. The van der Waals surface area contributed by atoms with Crippen LogP contribution in [-0.2, 0) is 16.6 Å². The summed E-state index contributed by atoms with van der Waals surface area (Å²) in [5.74, 6) is 0.306. The number of halogens is 1. The molecule has 2 N–H and O–H groups in total. The molecule has 0 fully saturated rings. The van der Waals surface area contributed by atoms with Gasteiger partial charge in [-0.1, -0.05) is 12.1 Å². The zero-order chi connectivity index (χ0) is 15.5. The van der Waals surface area contributed by atoms with Gasteiger partial charge in [-0.3, -0.25) is 4.72 Å². The number of benzene rings is 1. The third-order valence-electron chi connectivity index (χ3n) is 2.79. The first-order valence-electron chi connectivity index (χ1n) is 6.32. The topological polar surface area (TPSA) is 71.1 Å². The van der Waals surface area contributed by atoms with Gasteiger partial charge in [-0.2, -0.15) is 0 Å². The number of rotatable bonds is 5. The van der Waals surface area contributed by atoms with Crippen molar-refractivity contribution < 1.29 is 8.42 Å². The summed E-state index contributed by atoms with van der Waals surface area (Å²) in [5.41, 5.74) is 1.64. The number of anilines is 1. The van der Waals surface area contributed by atoms with E-state index in [-0.39, 0.29) is 4.90 Å². The van der Waals surface area contributed by atoms with Gasteiger partial charge in [0.2, 0.25) is 0 Å². The Hall–Kier alpha value is -1.44. The monoisotopic (exact) mass is 369 g/mol. The van der Waals surface area contributed by atoms with Crippen molar-refractivity contribution in [1.82, 2.24) is 10.3 Å². The van der Waals surface area contributed by atoms with E-state index in [4.69, 9.17) is 0 Å². The van der Waals surface area contributed by atoms with Crippen LogP contribution >= 0.6 is 15.9 Å². The van der Waals surface area contributed by atoms with Crippen molar-refractivity contribution in [2.24, 2.45) is 0 Å². The minimum Gasteiger partial charge on any atom is -0.316 e. The minimum absolute atomic E-state index is 0.193. The van der Waals surface area contributed by atoms with E-state index in [0.717, 1.165) is 11.3 Å². The molecule has 0 radical (unpaired) electrons. The molecule has 1 heterocycles. The van der Waals surface area contributed by atoms with Crippen LogP contribution in [0.15, 0.2) is 45.8 Å².